The normalized spacial score (nSPS) is 28.5. The lowest BCUT2D eigenvalue weighted by molar-refractivity contribution is 0.0941. The van der Waals surface area contributed by atoms with Crippen molar-refractivity contribution < 1.29 is 0 Å². The number of hydrogen-bond donors (Lipinski definition) is 0. The second-order valence-electron chi connectivity index (χ2n) is 5.06. The molecule has 1 saturated heterocycles. The molecular weight excluding hydrogens is 146 g/mol. The second-order valence-corrected chi connectivity index (χ2v) is 5.06. The maximum absolute atomic E-state index is 2.65. The summed E-state index contributed by atoms with van der Waals surface area (Å²) in [4.78, 5) is 2.65. The Hall–Kier alpha value is -0.0400. The van der Waals surface area contributed by atoms with Crippen molar-refractivity contribution in [1.29, 1.82) is 0 Å². The van der Waals surface area contributed by atoms with Crippen molar-refractivity contribution in [3.63, 3.8) is 0 Å². The Labute approximate surface area is 77.1 Å². The quantitative estimate of drug-likeness (QED) is 0.539. The van der Waals surface area contributed by atoms with Crippen LogP contribution in [-0.4, -0.2) is 23.0 Å². The summed E-state index contributed by atoms with van der Waals surface area (Å²) in [6.45, 7) is 10.7. The molecule has 1 atom stereocenters. The summed E-state index contributed by atoms with van der Waals surface area (Å²) in [6.07, 6.45) is 5.63. The largest absolute Gasteiger partial charge is 0.296 e. The summed E-state index contributed by atoms with van der Waals surface area (Å²) in [6, 6.07) is 0.785. The predicted octanol–water partition coefficient (Wildman–Crippen LogP) is 3.05. The lowest BCUT2D eigenvalue weighted by Crippen LogP contribution is -2.46. The molecule has 1 aliphatic rings. The fourth-order valence-electron chi connectivity index (χ4n) is 2.27. The minimum absolute atomic E-state index is 0.365. The predicted molar refractivity (Wildman–Crippen MR) is 54.4 cm³/mol. The number of hydrogen-bond acceptors (Lipinski definition) is 1. The first-order chi connectivity index (χ1) is 5.52. The summed E-state index contributed by atoms with van der Waals surface area (Å²) >= 11 is 0. The Kier molecular flexibility index (Phi) is 3.16. The molecule has 0 spiro atoms. The van der Waals surface area contributed by atoms with Gasteiger partial charge < -0.3 is 0 Å². The fraction of sp³-hybridized carbons (Fsp3) is 1.00. The van der Waals surface area contributed by atoms with E-state index in [1.54, 1.807) is 0 Å². The number of nitrogens with zero attached hydrogens (tertiary/aromatic N) is 1. The molecule has 0 saturated carbocycles. The van der Waals surface area contributed by atoms with Gasteiger partial charge in [-0.2, -0.15) is 0 Å². The van der Waals surface area contributed by atoms with E-state index in [4.69, 9.17) is 0 Å². The summed E-state index contributed by atoms with van der Waals surface area (Å²) in [5.74, 6) is 0. The van der Waals surface area contributed by atoms with E-state index >= 15 is 0 Å². The zero-order chi connectivity index (χ0) is 9.19. The highest BCUT2D eigenvalue weighted by Gasteiger charge is 2.26. The molecule has 1 heteroatoms. The van der Waals surface area contributed by atoms with Crippen molar-refractivity contribution in [1.82, 2.24) is 4.90 Å². The third-order valence-corrected chi connectivity index (χ3v) is 2.91. The SMILES string of the molecule is C[C@H]1CCCCCN1C(C)(C)C. The van der Waals surface area contributed by atoms with Crippen LogP contribution in [0.2, 0.25) is 0 Å². The minimum Gasteiger partial charge on any atom is -0.296 e. The molecule has 0 bridgehead atoms. The van der Waals surface area contributed by atoms with Crippen molar-refractivity contribution in [2.75, 3.05) is 6.54 Å². The molecule has 72 valence electrons. The molecule has 12 heavy (non-hydrogen) atoms. The molecular formula is C11H23N. The first-order valence-electron chi connectivity index (χ1n) is 5.28. The molecule has 1 aliphatic heterocycles. The average Bonchev–Trinajstić information content (AvgIpc) is 2.11. The van der Waals surface area contributed by atoms with Crippen LogP contribution in [0.4, 0.5) is 0 Å². The van der Waals surface area contributed by atoms with Gasteiger partial charge in [-0.3, -0.25) is 4.90 Å². The molecule has 0 N–H and O–H groups in total. The Morgan fingerprint density at radius 3 is 2.33 bits per heavy atom. The van der Waals surface area contributed by atoms with Gasteiger partial charge in [0.05, 0.1) is 0 Å². The standard InChI is InChI=1S/C11H23N/c1-10-8-6-5-7-9-12(10)11(2,3)4/h10H,5-9H2,1-4H3/t10-/m0/s1. The van der Waals surface area contributed by atoms with Gasteiger partial charge >= 0.3 is 0 Å². The molecule has 0 radical (unpaired) electrons. The van der Waals surface area contributed by atoms with E-state index in [0.29, 0.717) is 5.54 Å². The van der Waals surface area contributed by atoms with Gasteiger partial charge in [0.1, 0.15) is 0 Å². The molecule has 0 aromatic rings. The van der Waals surface area contributed by atoms with Crippen molar-refractivity contribution in [3.05, 3.63) is 0 Å². The van der Waals surface area contributed by atoms with E-state index in [1.807, 2.05) is 0 Å². The van der Waals surface area contributed by atoms with Gasteiger partial charge in [-0.15, -0.1) is 0 Å². The highest BCUT2D eigenvalue weighted by Crippen LogP contribution is 2.24. The Morgan fingerprint density at radius 2 is 1.75 bits per heavy atom. The van der Waals surface area contributed by atoms with Crippen molar-refractivity contribution in [2.24, 2.45) is 0 Å². The first-order valence-corrected chi connectivity index (χ1v) is 5.28. The Morgan fingerprint density at radius 1 is 1.08 bits per heavy atom. The maximum Gasteiger partial charge on any atom is 0.0127 e. The van der Waals surface area contributed by atoms with E-state index < -0.39 is 0 Å². The summed E-state index contributed by atoms with van der Waals surface area (Å²) in [5, 5.41) is 0. The van der Waals surface area contributed by atoms with E-state index in [2.05, 4.69) is 32.6 Å². The average molecular weight is 169 g/mol. The highest BCUT2D eigenvalue weighted by atomic mass is 15.2. The summed E-state index contributed by atoms with van der Waals surface area (Å²) in [7, 11) is 0. The molecule has 0 aromatic heterocycles. The fourth-order valence-corrected chi connectivity index (χ4v) is 2.27. The third kappa shape index (κ3) is 2.48. The van der Waals surface area contributed by atoms with E-state index in [-0.39, 0.29) is 0 Å². The first kappa shape index (κ1) is 10.0. The van der Waals surface area contributed by atoms with Crippen molar-refractivity contribution in [2.45, 2.75) is 65.0 Å². The van der Waals surface area contributed by atoms with Gasteiger partial charge in [-0.1, -0.05) is 12.8 Å². The summed E-state index contributed by atoms with van der Waals surface area (Å²) < 4.78 is 0. The van der Waals surface area contributed by atoms with Crippen LogP contribution in [-0.2, 0) is 0 Å². The lowest BCUT2D eigenvalue weighted by atomic mass is 10.0. The van der Waals surface area contributed by atoms with Crippen LogP contribution in [0.3, 0.4) is 0 Å². The van der Waals surface area contributed by atoms with Crippen LogP contribution in [0.25, 0.3) is 0 Å². The van der Waals surface area contributed by atoms with Gasteiger partial charge in [0.25, 0.3) is 0 Å². The summed E-state index contributed by atoms with van der Waals surface area (Å²) in [5.41, 5.74) is 0.365. The molecule has 0 amide bonds. The molecule has 0 unspecified atom stereocenters. The van der Waals surface area contributed by atoms with Crippen molar-refractivity contribution >= 4 is 0 Å². The van der Waals surface area contributed by atoms with Gasteiger partial charge in [0, 0.05) is 11.6 Å². The Bertz CT molecular complexity index is 134. The maximum atomic E-state index is 2.65. The van der Waals surface area contributed by atoms with Crippen LogP contribution >= 0.6 is 0 Å². The van der Waals surface area contributed by atoms with Gasteiger partial charge in [0.15, 0.2) is 0 Å². The lowest BCUT2D eigenvalue weighted by Gasteiger charge is -2.39. The van der Waals surface area contributed by atoms with E-state index in [9.17, 15) is 0 Å². The highest BCUT2D eigenvalue weighted by molar-refractivity contribution is 4.82. The molecule has 1 nitrogen and oxygen atoms in total. The Balaban J connectivity index is 2.59. The van der Waals surface area contributed by atoms with Gasteiger partial charge in [-0.05, 0) is 47.1 Å². The van der Waals surface area contributed by atoms with Crippen LogP contribution in [0.1, 0.15) is 53.4 Å². The van der Waals surface area contributed by atoms with Crippen LogP contribution < -0.4 is 0 Å². The van der Waals surface area contributed by atoms with Crippen LogP contribution in [0, 0.1) is 0 Å². The van der Waals surface area contributed by atoms with E-state index in [0.717, 1.165) is 6.04 Å². The van der Waals surface area contributed by atoms with Crippen LogP contribution in [0.15, 0.2) is 0 Å². The molecule has 0 aromatic carbocycles. The molecule has 1 fully saturated rings. The van der Waals surface area contributed by atoms with E-state index in [1.165, 1.54) is 32.2 Å². The van der Waals surface area contributed by atoms with Gasteiger partial charge in [0.2, 0.25) is 0 Å². The molecule has 1 heterocycles. The van der Waals surface area contributed by atoms with Crippen LogP contribution in [0.5, 0.6) is 0 Å². The third-order valence-electron chi connectivity index (χ3n) is 2.91. The van der Waals surface area contributed by atoms with Crippen molar-refractivity contribution in [3.8, 4) is 0 Å². The number of likely N-dealkylation sites (tertiary alicyclic amines) is 1. The molecule has 0 aliphatic carbocycles. The zero-order valence-corrected chi connectivity index (χ0v) is 9.06. The second kappa shape index (κ2) is 3.78. The smallest absolute Gasteiger partial charge is 0.0127 e. The number of rotatable bonds is 0. The van der Waals surface area contributed by atoms with Gasteiger partial charge in [-0.25, -0.2) is 0 Å². The molecule has 1 rings (SSSR count). The zero-order valence-electron chi connectivity index (χ0n) is 9.06. The topological polar surface area (TPSA) is 3.24 Å². The minimum atomic E-state index is 0.365. The monoisotopic (exact) mass is 169 g/mol.